The molecule has 0 radical (unpaired) electrons. The molecule has 0 bridgehead atoms. The first-order chi connectivity index (χ1) is 32.5. The molecule has 0 N–H and O–H groups in total. The Hall–Kier alpha value is -7.16. The van der Waals surface area contributed by atoms with Gasteiger partial charge in [0.15, 0.2) is 0 Å². The lowest BCUT2D eigenvalue weighted by atomic mass is 9.93. The molecule has 0 saturated heterocycles. The molecule has 0 aromatic heterocycles. The van der Waals surface area contributed by atoms with Crippen molar-refractivity contribution < 1.29 is 0 Å². The maximum absolute atomic E-state index is 2.43. The predicted molar refractivity (Wildman–Crippen MR) is 277 cm³/mol. The van der Waals surface area contributed by atoms with Crippen LogP contribution in [0.4, 0.5) is 34.1 Å². The van der Waals surface area contributed by atoms with Crippen molar-refractivity contribution >= 4 is 46.3 Å². The number of benzene rings is 8. The van der Waals surface area contributed by atoms with E-state index < -0.39 is 0 Å². The Kier molecular flexibility index (Phi) is 11.6. The molecule has 2 nitrogen and oxygen atoms in total. The molecule has 0 spiro atoms. The maximum atomic E-state index is 2.43. The molecule has 8 aromatic carbocycles. The lowest BCUT2D eigenvalue weighted by molar-refractivity contribution is 0.602. The fourth-order valence-electron chi connectivity index (χ4n) is 10.7. The van der Waals surface area contributed by atoms with Crippen LogP contribution in [0.2, 0.25) is 0 Å². The summed E-state index contributed by atoms with van der Waals surface area (Å²) in [7, 11) is 0. The Morgan fingerprint density at radius 3 is 0.924 bits per heavy atom. The summed E-state index contributed by atoms with van der Waals surface area (Å²) in [5.41, 5.74) is 15.1. The summed E-state index contributed by atoms with van der Waals surface area (Å²) in [5.74, 6) is 0. The molecule has 324 valence electrons. The molecular formula is C64H58N2. The van der Waals surface area contributed by atoms with Crippen LogP contribution in [-0.4, -0.2) is 0 Å². The topological polar surface area (TPSA) is 6.48 Å². The third kappa shape index (κ3) is 8.45. The summed E-state index contributed by atoms with van der Waals surface area (Å²) in [5, 5.41) is 9.84. The van der Waals surface area contributed by atoms with Crippen LogP contribution in [0.1, 0.15) is 86.5 Å². The van der Waals surface area contributed by atoms with E-state index in [0.29, 0.717) is 0 Å². The van der Waals surface area contributed by atoms with E-state index in [1.807, 2.05) is 0 Å². The lowest BCUT2D eigenvalue weighted by Crippen LogP contribution is -2.10. The molecule has 8 aromatic rings. The summed E-state index contributed by atoms with van der Waals surface area (Å²) in [6.07, 6.45) is 17.7. The molecule has 0 amide bonds. The molecule has 66 heavy (non-hydrogen) atoms. The zero-order chi connectivity index (χ0) is 44.4. The van der Waals surface area contributed by atoms with E-state index in [2.05, 4.69) is 218 Å². The van der Waals surface area contributed by atoms with Gasteiger partial charge in [-0.25, -0.2) is 0 Å². The molecule has 11 rings (SSSR count). The van der Waals surface area contributed by atoms with Gasteiger partial charge in [0.1, 0.15) is 0 Å². The van der Waals surface area contributed by atoms with E-state index in [9.17, 15) is 0 Å². The molecule has 0 aliphatic heterocycles. The highest BCUT2D eigenvalue weighted by atomic mass is 15.1. The lowest BCUT2D eigenvalue weighted by Gasteiger charge is -2.26. The van der Waals surface area contributed by atoms with Crippen LogP contribution in [0.15, 0.2) is 193 Å². The predicted octanol–water partition coefficient (Wildman–Crippen LogP) is 17.4. The van der Waals surface area contributed by atoms with Crippen molar-refractivity contribution in [1.29, 1.82) is 0 Å². The second-order valence-corrected chi connectivity index (χ2v) is 18.8. The summed E-state index contributed by atoms with van der Waals surface area (Å²) in [6.45, 7) is 4.33. The van der Waals surface area contributed by atoms with E-state index in [1.54, 1.807) is 11.1 Å². The highest BCUT2D eigenvalue weighted by molar-refractivity contribution is 5.79. The van der Waals surface area contributed by atoms with Crippen molar-refractivity contribution in [2.45, 2.75) is 78.1 Å². The van der Waals surface area contributed by atoms with E-state index in [0.717, 1.165) is 34.1 Å². The fourth-order valence-corrected chi connectivity index (χ4v) is 10.7. The largest absolute Gasteiger partial charge is 0.310 e. The van der Waals surface area contributed by atoms with Crippen LogP contribution in [0, 0.1) is 55.6 Å². The zero-order valence-corrected chi connectivity index (χ0v) is 38.4. The average Bonchev–Trinajstić information content (AvgIpc) is 3.36. The van der Waals surface area contributed by atoms with Crippen molar-refractivity contribution in [3.8, 4) is 0 Å². The Morgan fingerprint density at radius 1 is 0.288 bits per heavy atom. The number of aryl methyl sites for hydroxylation is 2. The molecule has 0 atom stereocenters. The summed E-state index contributed by atoms with van der Waals surface area (Å²) >= 11 is 0. The number of nitrogens with zero attached hydrogens (tertiary/aromatic N) is 2. The second-order valence-electron chi connectivity index (χ2n) is 18.8. The standard InChI is InChI=1S/C64H58N2/c1-45-21-29-51(30-22-45)65(53-33-25-49(26-34-53)41-47-13-5-3-6-14-47)55-37-39-61-58-18-10-12-20-60(58)64-44-56(38-40-62(64)57-17-9-11-19-59(57)63(61)43-55)66(52-31-23-46(2)24-32-52)54-35-27-50(28-36-54)42-48-15-7-4-8-16-48/h9-12,17-44H,3-8,13-16H2,1-2H3. The second kappa shape index (κ2) is 18.4. The number of hydrogen-bond donors (Lipinski definition) is 0. The molecule has 0 unspecified atom stereocenters. The van der Waals surface area contributed by atoms with Crippen molar-refractivity contribution in [2.24, 2.45) is 0 Å². The first-order valence-electron chi connectivity index (χ1n) is 24.3. The quantitative estimate of drug-likeness (QED) is 0.150. The first kappa shape index (κ1) is 41.5. The maximum Gasteiger partial charge on any atom is 0.0468 e. The van der Waals surface area contributed by atoms with Gasteiger partial charge in [-0.2, -0.15) is 0 Å². The summed E-state index contributed by atoms with van der Waals surface area (Å²) < 4.78 is 0. The SMILES string of the molecule is Cc1ccc(N(c2ccc(C=C3CCCCC3)cc2)c2ccc3c(c2)=c2ccccc2=c2ccc(N(c4ccc(C)cc4)c4ccc(C=C5CCCCC5)cc4)cc2=c2ccccc2=3)cc1. The van der Waals surface area contributed by atoms with Gasteiger partial charge in [0, 0.05) is 34.1 Å². The minimum atomic E-state index is 1.13. The van der Waals surface area contributed by atoms with Gasteiger partial charge in [0.25, 0.3) is 0 Å². The van der Waals surface area contributed by atoms with Gasteiger partial charge in [-0.3, -0.25) is 0 Å². The van der Waals surface area contributed by atoms with Crippen molar-refractivity contribution in [3.05, 3.63) is 257 Å². The Balaban J connectivity index is 1.11. The normalized spacial score (nSPS) is 14.2. The monoisotopic (exact) mass is 854 g/mol. The molecule has 3 aliphatic rings. The third-order valence-corrected chi connectivity index (χ3v) is 14.2. The highest BCUT2D eigenvalue weighted by Gasteiger charge is 2.17. The van der Waals surface area contributed by atoms with Crippen LogP contribution < -0.4 is 9.80 Å². The first-order valence-corrected chi connectivity index (χ1v) is 24.3. The Labute approximate surface area is 389 Å². The van der Waals surface area contributed by atoms with Crippen LogP contribution in [0.5, 0.6) is 0 Å². The molecule has 3 aliphatic carbocycles. The van der Waals surface area contributed by atoms with Crippen molar-refractivity contribution in [1.82, 2.24) is 0 Å². The number of hydrogen-bond acceptors (Lipinski definition) is 2. The Morgan fingerprint density at radius 2 is 0.576 bits per heavy atom. The van der Waals surface area contributed by atoms with Gasteiger partial charge in [0.2, 0.25) is 0 Å². The zero-order valence-electron chi connectivity index (χ0n) is 38.4. The van der Waals surface area contributed by atoms with Crippen LogP contribution in [0.25, 0.3) is 12.2 Å². The van der Waals surface area contributed by atoms with Gasteiger partial charge < -0.3 is 9.80 Å². The number of rotatable bonds is 8. The van der Waals surface area contributed by atoms with E-state index in [4.69, 9.17) is 0 Å². The average molecular weight is 855 g/mol. The third-order valence-electron chi connectivity index (χ3n) is 14.2. The van der Waals surface area contributed by atoms with Crippen LogP contribution in [-0.2, 0) is 0 Å². The van der Waals surface area contributed by atoms with E-state index in [1.165, 1.54) is 128 Å². The molecule has 2 saturated carbocycles. The molecular weight excluding hydrogens is 797 g/mol. The van der Waals surface area contributed by atoms with Gasteiger partial charge in [0.05, 0.1) is 0 Å². The van der Waals surface area contributed by atoms with Gasteiger partial charge in [-0.1, -0.05) is 156 Å². The highest BCUT2D eigenvalue weighted by Crippen LogP contribution is 2.38. The van der Waals surface area contributed by atoms with E-state index >= 15 is 0 Å². The minimum absolute atomic E-state index is 1.13. The van der Waals surface area contributed by atoms with Crippen LogP contribution >= 0.6 is 0 Å². The molecule has 0 heterocycles. The van der Waals surface area contributed by atoms with Gasteiger partial charge >= 0.3 is 0 Å². The number of allylic oxidation sites excluding steroid dienone is 2. The van der Waals surface area contributed by atoms with E-state index in [-0.39, 0.29) is 0 Å². The number of anilines is 6. The van der Waals surface area contributed by atoms with Gasteiger partial charge in [-0.05, 0) is 191 Å². The fraction of sp³-hybridized carbons (Fsp3) is 0.188. The van der Waals surface area contributed by atoms with Crippen LogP contribution in [0.3, 0.4) is 0 Å². The smallest absolute Gasteiger partial charge is 0.0468 e. The number of fused-ring (bicyclic) bond motifs is 4. The van der Waals surface area contributed by atoms with Crippen molar-refractivity contribution in [3.63, 3.8) is 0 Å². The molecule has 2 heteroatoms. The minimum Gasteiger partial charge on any atom is -0.310 e. The summed E-state index contributed by atoms with van der Waals surface area (Å²) in [6, 6.07) is 68.5. The van der Waals surface area contributed by atoms with Crippen molar-refractivity contribution in [2.75, 3.05) is 9.80 Å². The molecule has 2 fully saturated rings. The Bertz CT molecular complexity index is 3280. The van der Waals surface area contributed by atoms with Gasteiger partial charge in [-0.15, -0.1) is 0 Å². The summed E-state index contributed by atoms with van der Waals surface area (Å²) in [4.78, 5) is 4.84.